The molecule has 0 saturated carbocycles. The van der Waals surface area contributed by atoms with Gasteiger partial charge in [-0.2, -0.15) is 0 Å². The van der Waals surface area contributed by atoms with Crippen LogP contribution in [0.1, 0.15) is 19.4 Å². The average molecular weight is 397 g/mol. The summed E-state index contributed by atoms with van der Waals surface area (Å²) in [7, 11) is 0. The molecule has 0 saturated heterocycles. The highest BCUT2D eigenvalue weighted by atomic mass is 35.5. The zero-order valence-corrected chi connectivity index (χ0v) is 16.9. The van der Waals surface area contributed by atoms with Crippen LogP contribution in [-0.2, 0) is 6.54 Å². The second kappa shape index (κ2) is 7.47. The van der Waals surface area contributed by atoms with E-state index in [0.29, 0.717) is 0 Å². The molecule has 138 valence electrons. The number of phenols is 1. The van der Waals surface area contributed by atoms with Crippen LogP contribution in [0.5, 0.6) is 5.75 Å². The molecule has 5 heteroatoms. The van der Waals surface area contributed by atoms with Crippen molar-refractivity contribution in [3.63, 3.8) is 0 Å². The molecular formula is C22H21ClN2OS. The molecule has 2 aromatic heterocycles. The summed E-state index contributed by atoms with van der Waals surface area (Å²) in [4.78, 5) is 6.90. The first-order chi connectivity index (χ1) is 13.1. The van der Waals surface area contributed by atoms with E-state index in [1.807, 2.05) is 24.4 Å². The first-order valence-corrected chi connectivity index (χ1v) is 10.4. The normalized spacial score (nSPS) is 11.7. The monoisotopic (exact) mass is 396 g/mol. The molecule has 2 heterocycles. The van der Waals surface area contributed by atoms with Crippen LogP contribution < -0.4 is 0 Å². The van der Waals surface area contributed by atoms with Crippen molar-refractivity contribution in [3.8, 4) is 16.9 Å². The van der Waals surface area contributed by atoms with Crippen molar-refractivity contribution in [2.75, 3.05) is 13.1 Å². The minimum absolute atomic E-state index is 0.246. The van der Waals surface area contributed by atoms with Crippen LogP contribution in [0.4, 0.5) is 0 Å². The molecule has 3 nitrogen and oxygen atoms in total. The molecule has 0 aliphatic carbocycles. The van der Waals surface area contributed by atoms with Crippen molar-refractivity contribution < 1.29 is 5.11 Å². The number of nitrogens with zero attached hydrogens (tertiary/aromatic N) is 2. The van der Waals surface area contributed by atoms with Crippen molar-refractivity contribution in [2.45, 2.75) is 20.4 Å². The lowest BCUT2D eigenvalue weighted by molar-refractivity contribution is 0.296. The standard InChI is InChI=1S/C22H21ClN2OS/c1-3-25(4-2)13-15-6-5-14(11-17(15)23)21-19(26)8-7-18-22(21)16-9-10-27-20(16)12-24-18/h5-12,26H,3-4,13H2,1-2H3. The molecule has 0 spiro atoms. The summed E-state index contributed by atoms with van der Waals surface area (Å²) < 4.78 is 1.11. The maximum Gasteiger partial charge on any atom is 0.124 e. The molecule has 0 amide bonds. The van der Waals surface area contributed by atoms with Crippen molar-refractivity contribution in [1.29, 1.82) is 0 Å². The van der Waals surface area contributed by atoms with Gasteiger partial charge in [-0.15, -0.1) is 11.3 Å². The van der Waals surface area contributed by atoms with Gasteiger partial charge in [0.1, 0.15) is 5.75 Å². The fourth-order valence-electron chi connectivity index (χ4n) is 3.53. The number of aromatic nitrogens is 1. The fraction of sp³-hybridized carbons (Fsp3) is 0.227. The summed E-state index contributed by atoms with van der Waals surface area (Å²) in [6.45, 7) is 7.10. The van der Waals surface area contributed by atoms with E-state index in [0.717, 1.165) is 62.3 Å². The predicted molar refractivity (Wildman–Crippen MR) is 116 cm³/mol. The molecule has 0 bridgehead atoms. The molecule has 2 aromatic carbocycles. The summed E-state index contributed by atoms with van der Waals surface area (Å²) in [5.74, 6) is 0.246. The molecule has 0 aliphatic rings. The Hall–Kier alpha value is -2.14. The fourth-order valence-corrected chi connectivity index (χ4v) is 4.53. The molecule has 0 fully saturated rings. The summed E-state index contributed by atoms with van der Waals surface area (Å²) in [6.07, 6.45) is 1.89. The van der Waals surface area contributed by atoms with E-state index >= 15 is 0 Å². The van der Waals surface area contributed by atoms with Crippen molar-refractivity contribution >= 4 is 43.9 Å². The van der Waals surface area contributed by atoms with Crippen LogP contribution in [-0.4, -0.2) is 28.1 Å². The van der Waals surface area contributed by atoms with Gasteiger partial charge in [-0.1, -0.05) is 37.6 Å². The van der Waals surface area contributed by atoms with E-state index in [4.69, 9.17) is 11.6 Å². The van der Waals surface area contributed by atoms with Gasteiger partial charge in [0.2, 0.25) is 0 Å². The van der Waals surface area contributed by atoms with Gasteiger partial charge in [0, 0.05) is 34.1 Å². The smallest absolute Gasteiger partial charge is 0.124 e. The highest BCUT2D eigenvalue weighted by molar-refractivity contribution is 7.17. The number of pyridine rings is 1. The van der Waals surface area contributed by atoms with Gasteiger partial charge >= 0.3 is 0 Å². The number of hydrogen-bond acceptors (Lipinski definition) is 4. The number of aromatic hydroxyl groups is 1. The zero-order chi connectivity index (χ0) is 19.0. The number of hydrogen-bond donors (Lipinski definition) is 1. The van der Waals surface area contributed by atoms with E-state index in [1.165, 1.54) is 0 Å². The SMILES string of the molecule is CCN(CC)Cc1ccc(-c2c(O)ccc3ncc4sccc4c23)cc1Cl. The maximum atomic E-state index is 10.7. The van der Waals surface area contributed by atoms with Crippen LogP contribution in [0, 0.1) is 0 Å². The molecule has 0 atom stereocenters. The van der Waals surface area contributed by atoms with Gasteiger partial charge in [0.15, 0.2) is 0 Å². The van der Waals surface area contributed by atoms with Crippen molar-refractivity contribution in [3.05, 3.63) is 58.6 Å². The van der Waals surface area contributed by atoms with Crippen LogP contribution in [0.15, 0.2) is 48.0 Å². The first-order valence-electron chi connectivity index (χ1n) is 9.11. The van der Waals surface area contributed by atoms with Gasteiger partial charge in [-0.05, 0) is 53.9 Å². The molecule has 0 aliphatic heterocycles. The Kier molecular flexibility index (Phi) is 5.04. The summed E-state index contributed by atoms with van der Waals surface area (Å²) >= 11 is 8.27. The number of benzene rings is 2. The van der Waals surface area contributed by atoms with Gasteiger partial charge in [0.05, 0.1) is 10.2 Å². The molecular weight excluding hydrogens is 376 g/mol. The minimum Gasteiger partial charge on any atom is -0.507 e. The number of fused-ring (bicyclic) bond motifs is 3. The Labute approximate surface area is 167 Å². The lowest BCUT2D eigenvalue weighted by Gasteiger charge is -2.19. The average Bonchev–Trinajstić information content (AvgIpc) is 3.16. The van der Waals surface area contributed by atoms with Crippen LogP contribution >= 0.6 is 22.9 Å². The Morgan fingerprint density at radius 1 is 1.11 bits per heavy atom. The number of rotatable bonds is 5. The third kappa shape index (κ3) is 3.29. The minimum atomic E-state index is 0.246. The molecule has 0 unspecified atom stereocenters. The van der Waals surface area contributed by atoms with E-state index in [-0.39, 0.29) is 5.75 Å². The van der Waals surface area contributed by atoms with Crippen LogP contribution in [0.2, 0.25) is 5.02 Å². The van der Waals surface area contributed by atoms with Gasteiger partial charge in [-0.25, -0.2) is 0 Å². The highest BCUT2D eigenvalue weighted by Gasteiger charge is 2.15. The first kappa shape index (κ1) is 18.2. The Morgan fingerprint density at radius 2 is 1.93 bits per heavy atom. The largest absolute Gasteiger partial charge is 0.507 e. The second-order valence-electron chi connectivity index (χ2n) is 6.58. The summed E-state index contributed by atoms with van der Waals surface area (Å²) in [5.41, 5.74) is 3.67. The predicted octanol–water partition coefficient (Wildman–Crippen LogP) is 6.32. The van der Waals surface area contributed by atoms with E-state index in [1.54, 1.807) is 17.4 Å². The zero-order valence-electron chi connectivity index (χ0n) is 15.4. The van der Waals surface area contributed by atoms with Gasteiger partial charge in [-0.3, -0.25) is 9.88 Å². The molecule has 4 rings (SSSR count). The quantitative estimate of drug-likeness (QED) is 0.429. The molecule has 27 heavy (non-hydrogen) atoms. The highest BCUT2D eigenvalue weighted by Crippen LogP contribution is 2.41. The van der Waals surface area contributed by atoms with Crippen LogP contribution in [0.25, 0.3) is 32.1 Å². The second-order valence-corrected chi connectivity index (χ2v) is 7.93. The number of thiophene rings is 1. The van der Waals surface area contributed by atoms with E-state index in [9.17, 15) is 5.11 Å². The summed E-state index contributed by atoms with van der Waals surface area (Å²) in [5, 5.41) is 15.5. The third-order valence-electron chi connectivity index (χ3n) is 5.08. The number of halogens is 1. The van der Waals surface area contributed by atoms with E-state index < -0.39 is 0 Å². The van der Waals surface area contributed by atoms with Crippen molar-refractivity contribution in [1.82, 2.24) is 9.88 Å². The van der Waals surface area contributed by atoms with Crippen LogP contribution in [0.3, 0.4) is 0 Å². The molecule has 1 N–H and O–H groups in total. The lowest BCUT2D eigenvalue weighted by atomic mass is 9.96. The molecule has 0 radical (unpaired) electrons. The van der Waals surface area contributed by atoms with Gasteiger partial charge in [0.25, 0.3) is 0 Å². The van der Waals surface area contributed by atoms with Gasteiger partial charge < -0.3 is 5.11 Å². The number of phenolic OH excluding ortho intramolecular Hbond substituents is 1. The summed E-state index contributed by atoms with van der Waals surface area (Å²) in [6, 6.07) is 11.7. The third-order valence-corrected chi connectivity index (χ3v) is 6.28. The maximum absolute atomic E-state index is 10.7. The van der Waals surface area contributed by atoms with Crippen molar-refractivity contribution in [2.24, 2.45) is 0 Å². The Morgan fingerprint density at radius 3 is 2.67 bits per heavy atom. The van der Waals surface area contributed by atoms with E-state index in [2.05, 4.69) is 41.2 Å². The Bertz CT molecular complexity index is 1120. The Balaban J connectivity index is 1.88. The topological polar surface area (TPSA) is 36.4 Å². The molecule has 4 aromatic rings. The lowest BCUT2D eigenvalue weighted by Crippen LogP contribution is -2.22.